The highest BCUT2D eigenvalue weighted by Gasteiger charge is 2.23. The van der Waals surface area contributed by atoms with Crippen molar-refractivity contribution in [1.29, 1.82) is 0 Å². The van der Waals surface area contributed by atoms with Crippen molar-refractivity contribution in [3.05, 3.63) is 71.8 Å². The maximum Gasteiger partial charge on any atom is 0.253 e. The molecular formula is C30H36N6O2S. The number of aromatic nitrogens is 4. The molecule has 1 amide bonds. The molecule has 1 aliphatic rings. The molecule has 39 heavy (non-hydrogen) atoms. The third-order valence-corrected chi connectivity index (χ3v) is 7.18. The van der Waals surface area contributed by atoms with E-state index in [-0.39, 0.29) is 18.1 Å². The van der Waals surface area contributed by atoms with Gasteiger partial charge in [-0.3, -0.25) is 14.8 Å². The zero-order valence-electron chi connectivity index (χ0n) is 23.4. The predicted molar refractivity (Wildman–Crippen MR) is 158 cm³/mol. The minimum atomic E-state index is -0.181. The second-order valence-electron chi connectivity index (χ2n) is 9.30. The molecule has 4 aromatic heterocycles. The molecule has 1 fully saturated rings. The first kappa shape index (κ1) is 28.4. The van der Waals surface area contributed by atoms with Gasteiger partial charge in [-0.2, -0.15) is 0 Å². The molecule has 204 valence electrons. The number of ether oxygens (including phenoxy) is 1. The fourth-order valence-electron chi connectivity index (χ4n) is 4.52. The number of morpholine rings is 1. The number of carbonyl (C=O) groups excluding carboxylic acids is 1. The van der Waals surface area contributed by atoms with Crippen LogP contribution in [0.5, 0.6) is 0 Å². The molecule has 1 saturated heterocycles. The van der Waals surface area contributed by atoms with Gasteiger partial charge in [0.25, 0.3) is 5.91 Å². The monoisotopic (exact) mass is 544 g/mol. The van der Waals surface area contributed by atoms with Crippen LogP contribution in [0.1, 0.15) is 49.4 Å². The van der Waals surface area contributed by atoms with E-state index in [4.69, 9.17) is 14.7 Å². The van der Waals surface area contributed by atoms with Crippen LogP contribution in [0.4, 0.5) is 5.82 Å². The van der Waals surface area contributed by atoms with Crippen LogP contribution in [0.2, 0.25) is 0 Å². The molecule has 4 aromatic rings. The Morgan fingerprint density at radius 2 is 1.77 bits per heavy atom. The first-order valence-corrected chi connectivity index (χ1v) is 14.5. The molecule has 2 unspecified atom stereocenters. The third-order valence-electron chi connectivity index (χ3n) is 6.32. The fraction of sp³-hybridized carbons (Fsp3) is 0.367. The SMILES string of the molecule is CC.CSc1cc(C(=O)NCc2cc3nc(-c4cccc(N5CC(C)OC(C)C5)n4)ccc3cn2)cnc1C. The second-order valence-corrected chi connectivity index (χ2v) is 10.2. The minimum Gasteiger partial charge on any atom is -0.372 e. The zero-order valence-corrected chi connectivity index (χ0v) is 24.2. The van der Waals surface area contributed by atoms with Crippen LogP contribution in [0.25, 0.3) is 22.3 Å². The highest BCUT2D eigenvalue weighted by atomic mass is 32.2. The van der Waals surface area contributed by atoms with Gasteiger partial charge in [-0.05, 0) is 63.4 Å². The lowest BCUT2D eigenvalue weighted by Gasteiger charge is -2.36. The highest BCUT2D eigenvalue weighted by molar-refractivity contribution is 7.98. The summed E-state index contributed by atoms with van der Waals surface area (Å²) in [6, 6.07) is 13.8. The lowest BCUT2D eigenvalue weighted by Crippen LogP contribution is -2.45. The van der Waals surface area contributed by atoms with Crippen LogP contribution in [-0.4, -0.2) is 57.4 Å². The van der Waals surface area contributed by atoms with Crippen molar-refractivity contribution >= 4 is 34.4 Å². The average molecular weight is 545 g/mol. The van der Waals surface area contributed by atoms with Crippen LogP contribution >= 0.6 is 11.8 Å². The number of carbonyl (C=O) groups is 1. The van der Waals surface area contributed by atoms with Crippen molar-refractivity contribution in [2.75, 3.05) is 24.2 Å². The van der Waals surface area contributed by atoms with Crippen LogP contribution in [0, 0.1) is 6.92 Å². The summed E-state index contributed by atoms with van der Waals surface area (Å²) in [6.45, 7) is 12.0. The van der Waals surface area contributed by atoms with E-state index in [1.807, 2.05) is 69.5 Å². The van der Waals surface area contributed by atoms with Gasteiger partial charge < -0.3 is 15.0 Å². The summed E-state index contributed by atoms with van der Waals surface area (Å²) in [4.78, 5) is 34.5. The maximum absolute atomic E-state index is 12.7. The number of aryl methyl sites for hydroxylation is 1. The van der Waals surface area contributed by atoms with Crippen molar-refractivity contribution in [3.63, 3.8) is 0 Å². The number of nitrogens with zero attached hydrogens (tertiary/aromatic N) is 5. The first-order chi connectivity index (χ1) is 18.9. The molecule has 0 aromatic carbocycles. The zero-order chi connectivity index (χ0) is 27.9. The number of nitrogens with one attached hydrogen (secondary N) is 1. The maximum atomic E-state index is 12.7. The number of rotatable bonds is 6. The lowest BCUT2D eigenvalue weighted by molar-refractivity contribution is -0.00545. The number of amides is 1. The van der Waals surface area contributed by atoms with Gasteiger partial charge in [0.1, 0.15) is 5.82 Å². The van der Waals surface area contributed by atoms with E-state index in [1.54, 1.807) is 24.2 Å². The summed E-state index contributed by atoms with van der Waals surface area (Å²) in [7, 11) is 0. The molecule has 5 rings (SSSR count). The Kier molecular flexibility index (Phi) is 9.48. The van der Waals surface area contributed by atoms with Gasteiger partial charge in [-0.15, -0.1) is 11.8 Å². The second kappa shape index (κ2) is 13.0. The van der Waals surface area contributed by atoms with Gasteiger partial charge in [-0.1, -0.05) is 19.9 Å². The Balaban J connectivity index is 0.00000172. The molecular weight excluding hydrogens is 508 g/mol. The third kappa shape index (κ3) is 6.91. The molecule has 0 bridgehead atoms. The van der Waals surface area contributed by atoms with Crippen LogP contribution in [0.15, 0.2) is 59.8 Å². The van der Waals surface area contributed by atoms with Crippen LogP contribution in [0.3, 0.4) is 0 Å². The normalized spacial score (nSPS) is 16.9. The Morgan fingerprint density at radius 3 is 2.51 bits per heavy atom. The van der Waals surface area contributed by atoms with Gasteiger partial charge in [0.2, 0.25) is 0 Å². The van der Waals surface area contributed by atoms with E-state index in [0.29, 0.717) is 12.1 Å². The van der Waals surface area contributed by atoms with Crippen LogP contribution in [-0.2, 0) is 11.3 Å². The van der Waals surface area contributed by atoms with Gasteiger partial charge in [0.15, 0.2) is 0 Å². The standard InChI is InChI=1S/C28H30N6O2S.C2H6/c1-17-15-34(16-18(2)36-17)27-7-5-6-23(33-27)24-9-8-20-12-30-22(11-25(20)32-24)14-31-28(35)21-10-26(37-4)19(3)29-13-21;1-2/h5-13,17-18H,14-16H2,1-4H3,(H,31,35);1-2H3. The molecule has 0 saturated carbocycles. The van der Waals surface area contributed by atoms with Gasteiger partial charge in [0, 0.05) is 35.8 Å². The van der Waals surface area contributed by atoms with Crippen LogP contribution < -0.4 is 10.2 Å². The van der Waals surface area contributed by atoms with Crippen molar-refractivity contribution in [2.24, 2.45) is 0 Å². The summed E-state index contributed by atoms with van der Waals surface area (Å²) >= 11 is 1.57. The summed E-state index contributed by atoms with van der Waals surface area (Å²) in [6.07, 6.45) is 5.68. The fourth-order valence-corrected chi connectivity index (χ4v) is 5.11. The number of fused-ring (bicyclic) bond motifs is 1. The van der Waals surface area contributed by atoms with E-state index >= 15 is 0 Å². The Morgan fingerprint density at radius 1 is 1.03 bits per heavy atom. The quantitative estimate of drug-likeness (QED) is 0.310. The number of hydrogen-bond donors (Lipinski definition) is 1. The van der Waals surface area contributed by atoms with E-state index in [0.717, 1.165) is 57.5 Å². The Bertz CT molecular complexity index is 1440. The summed E-state index contributed by atoms with van der Waals surface area (Å²) in [5.41, 5.74) is 4.59. The van der Waals surface area contributed by atoms with Crippen molar-refractivity contribution in [2.45, 2.75) is 58.3 Å². The number of hydrogen-bond acceptors (Lipinski definition) is 8. The van der Waals surface area contributed by atoms with E-state index < -0.39 is 0 Å². The van der Waals surface area contributed by atoms with Crippen molar-refractivity contribution < 1.29 is 9.53 Å². The minimum absolute atomic E-state index is 0.161. The van der Waals surface area contributed by atoms with E-state index in [2.05, 4.69) is 34.0 Å². The summed E-state index contributed by atoms with van der Waals surface area (Å²) in [5, 5.41) is 3.87. The number of anilines is 1. The Hall–Kier alpha value is -3.56. The molecule has 9 heteroatoms. The molecule has 0 radical (unpaired) electrons. The summed E-state index contributed by atoms with van der Waals surface area (Å²) < 4.78 is 5.87. The molecule has 0 spiro atoms. The molecule has 0 aliphatic carbocycles. The predicted octanol–water partition coefficient (Wildman–Crippen LogP) is 5.69. The smallest absolute Gasteiger partial charge is 0.253 e. The van der Waals surface area contributed by atoms with E-state index in [1.165, 1.54) is 0 Å². The first-order valence-electron chi connectivity index (χ1n) is 13.3. The lowest BCUT2D eigenvalue weighted by atomic mass is 10.1. The number of pyridine rings is 4. The van der Waals surface area contributed by atoms with Gasteiger partial charge in [0.05, 0.1) is 52.6 Å². The molecule has 5 heterocycles. The molecule has 8 nitrogen and oxygen atoms in total. The van der Waals surface area contributed by atoms with Crippen molar-refractivity contribution in [1.82, 2.24) is 25.3 Å². The summed E-state index contributed by atoms with van der Waals surface area (Å²) in [5.74, 6) is 0.744. The average Bonchev–Trinajstić information content (AvgIpc) is 2.96. The number of thioether (sulfide) groups is 1. The van der Waals surface area contributed by atoms with Crippen molar-refractivity contribution in [3.8, 4) is 11.4 Å². The molecule has 2 atom stereocenters. The Labute approximate surface area is 234 Å². The van der Waals surface area contributed by atoms with Gasteiger partial charge in [-0.25, -0.2) is 9.97 Å². The van der Waals surface area contributed by atoms with E-state index in [9.17, 15) is 4.79 Å². The largest absolute Gasteiger partial charge is 0.372 e. The topological polar surface area (TPSA) is 93.1 Å². The molecule has 1 N–H and O–H groups in total. The van der Waals surface area contributed by atoms with Gasteiger partial charge >= 0.3 is 0 Å². The highest BCUT2D eigenvalue weighted by Crippen LogP contribution is 2.24. The molecule has 1 aliphatic heterocycles.